The molecule has 154 valence electrons. The van der Waals surface area contributed by atoms with Gasteiger partial charge in [0.2, 0.25) is 0 Å². The summed E-state index contributed by atoms with van der Waals surface area (Å²) < 4.78 is 27.2. The summed E-state index contributed by atoms with van der Waals surface area (Å²) in [7, 11) is 0. The topological polar surface area (TPSA) is 53.9 Å². The summed E-state index contributed by atoms with van der Waals surface area (Å²) in [4.78, 5) is 19.7. The minimum absolute atomic E-state index is 0.0334. The van der Waals surface area contributed by atoms with E-state index in [-0.39, 0.29) is 24.2 Å². The van der Waals surface area contributed by atoms with Crippen LogP contribution in [0.5, 0.6) is 0 Å². The Morgan fingerprint density at radius 2 is 2.10 bits per heavy atom. The van der Waals surface area contributed by atoms with Gasteiger partial charge < -0.3 is 15.1 Å². The minimum atomic E-state index is -0.693. The molecule has 2 aromatic carbocycles. The molecule has 0 bridgehead atoms. The molecular formula is C21H22ClF2N3O2. The Bertz CT molecular complexity index is 921. The van der Waals surface area contributed by atoms with Crippen LogP contribution in [-0.2, 0) is 11.4 Å². The third kappa shape index (κ3) is 5.67. The van der Waals surface area contributed by atoms with Crippen LogP contribution >= 0.6 is 11.6 Å². The summed E-state index contributed by atoms with van der Waals surface area (Å²) in [5.74, 6) is -1.35. The number of oxime groups is 1. The molecule has 1 N–H and O–H groups in total. The van der Waals surface area contributed by atoms with E-state index in [1.807, 2.05) is 26.0 Å². The van der Waals surface area contributed by atoms with E-state index < -0.39 is 17.7 Å². The molecule has 0 aromatic heterocycles. The number of carbonyl (C=O) groups is 1. The Labute approximate surface area is 173 Å². The Hall–Kier alpha value is -2.67. The first-order valence-corrected chi connectivity index (χ1v) is 9.67. The summed E-state index contributed by atoms with van der Waals surface area (Å²) in [6.45, 7) is 4.33. The molecule has 0 saturated carbocycles. The molecule has 1 unspecified atom stereocenters. The van der Waals surface area contributed by atoms with Gasteiger partial charge in [0, 0.05) is 35.7 Å². The van der Waals surface area contributed by atoms with Gasteiger partial charge in [-0.3, -0.25) is 0 Å². The van der Waals surface area contributed by atoms with Gasteiger partial charge in [-0.25, -0.2) is 13.6 Å². The number of nitrogens with one attached hydrogen (secondary N) is 1. The average Bonchev–Trinajstić information content (AvgIpc) is 3.09. The first kappa shape index (κ1) is 21.0. The highest BCUT2D eigenvalue weighted by atomic mass is 35.5. The van der Waals surface area contributed by atoms with E-state index in [1.165, 1.54) is 12.1 Å². The van der Waals surface area contributed by atoms with E-state index in [1.54, 1.807) is 17.0 Å². The van der Waals surface area contributed by atoms with Crippen LogP contribution in [0.2, 0.25) is 5.02 Å². The monoisotopic (exact) mass is 421 g/mol. The Morgan fingerprint density at radius 3 is 2.79 bits per heavy atom. The average molecular weight is 422 g/mol. The molecule has 1 aliphatic heterocycles. The quantitative estimate of drug-likeness (QED) is 0.733. The second-order valence-electron chi connectivity index (χ2n) is 7.21. The van der Waals surface area contributed by atoms with Crippen molar-refractivity contribution in [2.45, 2.75) is 39.0 Å². The number of benzene rings is 2. The number of hydrogen-bond acceptors (Lipinski definition) is 3. The summed E-state index contributed by atoms with van der Waals surface area (Å²) in [5, 5.41) is 7.40. The highest BCUT2D eigenvalue weighted by Crippen LogP contribution is 2.21. The predicted molar refractivity (Wildman–Crippen MR) is 108 cm³/mol. The molecule has 0 saturated heterocycles. The fraction of sp³-hybridized carbons (Fsp3) is 0.333. The standard InChI is InChI=1S/C21H22ClF2N3O2/c1-13(2)25-21(28)27(11-14-4-3-5-15(22)8-14)12-17-10-20(26-29-17)18-7-6-16(23)9-19(18)24/h3-9,13,17H,10-12H2,1-2H3,(H,25,28). The lowest BCUT2D eigenvalue weighted by Gasteiger charge is -2.26. The summed E-state index contributed by atoms with van der Waals surface area (Å²) in [6, 6.07) is 10.3. The Balaban J connectivity index is 1.70. The van der Waals surface area contributed by atoms with Crippen molar-refractivity contribution >= 4 is 23.3 Å². The van der Waals surface area contributed by atoms with Crippen molar-refractivity contribution in [1.29, 1.82) is 0 Å². The SMILES string of the molecule is CC(C)NC(=O)N(Cc1cccc(Cl)c1)CC1CC(c2ccc(F)cc2F)=NO1. The van der Waals surface area contributed by atoms with Gasteiger partial charge in [-0.05, 0) is 43.7 Å². The normalized spacial score (nSPS) is 15.8. The molecule has 0 spiro atoms. The molecule has 5 nitrogen and oxygen atoms in total. The molecule has 1 atom stereocenters. The van der Waals surface area contributed by atoms with Gasteiger partial charge in [0.25, 0.3) is 0 Å². The highest BCUT2D eigenvalue weighted by molar-refractivity contribution is 6.30. The number of hydrogen-bond donors (Lipinski definition) is 1. The first-order valence-electron chi connectivity index (χ1n) is 9.30. The van der Waals surface area contributed by atoms with Crippen LogP contribution in [0.25, 0.3) is 0 Å². The summed E-state index contributed by atoms with van der Waals surface area (Å²) in [5.41, 5.74) is 1.46. The molecular weight excluding hydrogens is 400 g/mol. The maximum absolute atomic E-state index is 14.0. The van der Waals surface area contributed by atoms with E-state index in [0.29, 0.717) is 23.7 Å². The second kappa shape index (κ2) is 9.22. The van der Waals surface area contributed by atoms with Crippen LogP contribution in [0.4, 0.5) is 13.6 Å². The van der Waals surface area contributed by atoms with E-state index in [0.717, 1.165) is 11.6 Å². The first-order chi connectivity index (χ1) is 13.8. The van der Waals surface area contributed by atoms with Crippen LogP contribution in [0.15, 0.2) is 47.6 Å². The van der Waals surface area contributed by atoms with Gasteiger partial charge in [0.1, 0.15) is 11.6 Å². The van der Waals surface area contributed by atoms with Gasteiger partial charge in [0.15, 0.2) is 6.10 Å². The number of urea groups is 1. The van der Waals surface area contributed by atoms with E-state index in [9.17, 15) is 13.6 Å². The van der Waals surface area contributed by atoms with Crippen molar-refractivity contribution in [3.8, 4) is 0 Å². The zero-order valence-corrected chi connectivity index (χ0v) is 16.9. The molecule has 0 fully saturated rings. The molecule has 2 aromatic rings. The maximum Gasteiger partial charge on any atom is 0.318 e. The van der Waals surface area contributed by atoms with Crippen molar-refractivity contribution in [1.82, 2.24) is 10.2 Å². The number of carbonyl (C=O) groups excluding carboxylic acids is 1. The van der Waals surface area contributed by atoms with Crippen molar-refractivity contribution in [3.63, 3.8) is 0 Å². The van der Waals surface area contributed by atoms with Crippen LogP contribution < -0.4 is 5.32 Å². The molecule has 8 heteroatoms. The van der Waals surface area contributed by atoms with Gasteiger partial charge in [-0.2, -0.15) is 0 Å². The smallest absolute Gasteiger partial charge is 0.318 e. The van der Waals surface area contributed by atoms with Crippen LogP contribution in [0.1, 0.15) is 31.4 Å². The Kier molecular flexibility index (Phi) is 6.69. The van der Waals surface area contributed by atoms with E-state index in [2.05, 4.69) is 10.5 Å². The van der Waals surface area contributed by atoms with Gasteiger partial charge in [-0.1, -0.05) is 28.9 Å². The molecule has 1 aliphatic rings. The van der Waals surface area contributed by atoms with E-state index >= 15 is 0 Å². The van der Waals surface area contributed by atoms with Gasteiger partial charge >= 0.3 is 6.03 Å². The largest absolute Gasteiger partial charge is 0.390 e. The molecule has 0 radical (unpaired) electrons. The lowest BCUT2D eigenvalue weighted by Crippen LogP contribution is -2.45. The van der Waals surface area contributed by atoms with Gasteiger partial charge in [-0.15, -0.1) is 0 Å². The lowest BCUT2D eigenvalue weighted by molar-refractivity contribution is 0.0586. The van der Waals surface area contributed by atoms with Crippen molar-refractivity contribution in [2.24, 2.45) is 5.16 Å². The number of halogens is 3. The molecule has 0 aliphatic carbocycles. The van der Waals surface area contributed by atoms with Gasteiger partial charge in [0.05, 0.1) is 12.3 Å². The number of nitrogens with zero attached hydrogens (tertiary/aromatic N) is 2. The fourth-order valence-electron chi connectivity index (χ4n) is 3.07. The Morgan fingerprint density at radius 1 is 1.31 bits per heavy atom. The summed E-state index contributed by atoms with van der Waals surface area (Å²) in [6.07, 6.45) is -0.129. The number of rotatable bonds is 6. The number of amides is 2. The highest BCUT2D eigenvalue weighted by Gasteiger charge is 2.28. The molecule has 2 amide bonds. The molecule has 3 rings (SSSR count). The van der Waals surface area contributed by atoms with Crippen molar-refractivity contribution in [3.05, 3.63) is 70.2 Å². The molecule has 29 heavy (non-hydrogen) atoms. The third-order valence-corrected chi connectivity index (χ3v) is 4.60. The predicted octanol–water partition coefficient (Wildman–Crippen LogP) is 4.73. The van der Waals surface area contributed by atoms with E-state index in [4.69, 9.17) is 16.4 Å². The zero-order chi connectivity index (χ0) is 21.0. The van der Waals surface area contributed by atoms with Crippen molar-refractivity contribution in [2.75, 3.05) is 6.54 Å². The van der Waals surface area contributed by atoms with Crippen LogP contribution in [0, 0.1) is 11.6 Å². The van der Waals surface area contributed by atoms with Crippen LogP contribution in [-0.4, -0.2) is 35.3 Å². The fourth-order valence-corrected chi connectivity index (χ4v) is 3.28. The minimum Gasteiger partial charge on any atom is -0.390 e. The second-order valence-corrected chi connectivity index (χ2v) is 7.64. The lowest BCUT2D eigenvalue weighted by atomic mass is 10.0. The molecule has 1 heterocycles. The maximum atomic E-state index is 14.0. The van der Waals surface area contributed by atoms with Crippen molar-refractivity contribution < 1.29 is 18.4 Å². The summed E-state index contributed by atoms with van der Waals surface area (Å²) >= 11 is 6.05. The van der Waals surface area contributed by atoms with Crippen LogP contribution in [0.3, 0.4) is 0 Å². The zero-order valence-electron chi connectivity index (χ0n) is 16.2. The third-order valence-electron chi connectivity index (χ3n) is 4.36.